The second kappa shape index (κ2) is 9.55. The molecule has 3 aromatic rings. The molecule has 0 saturated carbocycles. The number of aryl methyl sites for hydroxylation is 1. The van der Waals surface area contributed by atoms with Gasteiger partial charge in [0.05, 0.1) is 5.56 Å². The molecule has 5 heteroatoms. The number of anilines is 1. The molecule has 0 spiro atoms. The Morgan fingerprint density at radius 3 is 2.28 bits per heavy atom. The topological polar surface area (TPSA) is 58.6 Å². The maximum atomic E-state index is 12.6. The summed E-state index contributed by atoms with van der Waals surface area (Å²) < 4.78 is 5.68. The van der Waals surface area contributed by atoms with Crippen molar-refractivity contribution in [1.82, 2.24) is 4.90 Å². The van der Waals surface area contributed by atoms with Gasteiger partial charge in [0.2, 0.25) is 0 Å². The molecule has 3 aromatic carbocycles. The number of benzene rings is 3. The number of ether oxygens (including phenoxy) is 1. The molecule has 0 unspecified atom stereocenters. The largest absolute Gasteiger partial charge is 0.483 e. The number of para-hydroxylation sites is 2. The molecule has 0 fully saturated rings. The van der Waals surface area contributed by atoms with Crippen LogP contribution < -0.4 is 10.1 Å². The molecular formula is C24H24N2O3. The first-order valence-electron chi connectivity index (χ1n) is 9.40. The Hall–Kier alpha value is -3.60. The SMILES string of the molecule is Cc1ccc(CN(C)C(=O)COc2ccccc2C(=O)Nc2ccccc2)cc1. The maximum absolute atomic E-state index is 12.6. The van der Waals surface area contributed by atoms with Gasteiger partial charge in [0.15, 0.2) is 6.61 Å². The number of carbonyl (C=O) groups is 2. The second-order valence-corrected chi connectivity index (χ2v) is 6.84. The summed E-state index contributed by atoms with van der Waals surface area (Å²) in [5, 5.41) is 2.83. The molecule has 0 aliphatic rings. The van der Waals surface area contributed by atoms with Crippen molar-refractivity contribution in [2.24, 2.45) is 0 Å². The summed E-state index contributed by atoms with van der Waals surface area (Å²) >= 11 is 0. The fraction of sp³-hybridized carbons (Fsp3) is 0.167. The van der Waals surface area contributed by atoms with Crippen LogP contribution >= 0.6 is 0 Å². The Kier molecular flexibility index (Phi) is 6.63. The molecule has 2 amide bonds. The van der Waals surface area contributed by atoms with Gasteiger partial charge in [0.1, 0.15) is 5.75 Å². The predicted octanol–water partition coefficient (Wildman–Crippen LogP) is 4.28. The number of hydrogen-bond acceptors (Lipinski definition) is 3. The predicted molar refractivity (Wildman–Crippen MR) is 114 cm³/mol. The van der Waals surface area contributed by atoms with Gasteiger partial charge in [0, 0.05) is 19.3 Å². The van der Waals surface area contributed by atoms with Crippen LogP contribution in [0.25, 0.3) is 0 Å². The van der Waals surface area contributed by atoms with Crippen molar-refractivity contribution in [2.45, 2.75) is 13.5 Å². The van der Waals surface area contributed by atoms with Crippen LogP contribution in [0.15, 0.2) is 78.9 Å². The Bertz CT molecular complexity index is 969. The van der Waals surface area contributed by atoms with Crippen molar-refractivity contribution in [3.05, 3.63) is 95.6 Å². The molecule has 1 N–H and O–H groups in total. The highest BCUT2D eigenvalue weighted by molar-refractivity contribution is 6.06. The minimum Gasteiger partial charge on any atom is -0.483 e. The van der Waals surface area contributed by atoms with Gasteiger partial charge in [-0.05, 0) is 36.8 Å². The molecule has 0 aliphatic carbocycles. The summed E-state index contributed by atoms with van der Waals surface area (Å²) in [5.74, 6) is -0.0749. The number of amides is 2. The number of nitrogens with one attached hydrogen (secondary N) is 1. The van der Waals surface area contributed by atoms with Crippen LogP contribution in [0.1, 0.15) is 21.5 Å². The monoisotopic (exact) mass is 388 g/mol. The number of carbonyl (C=O) groups excluding carboxylic acids is 2. The second-order valence-electron chi connectivity index (χ2n) is 6.84. The molecule has 0 heterocycles. The van der Waals surface area contributed by atoms with Gasteiger partial charge in [-0.3, -0.25) is 9.59 Å². The summed E-state index contributed by atoms with van der Waals surface area (Å²) in [6.45, 7) is 2.38. The lowest BCUT2D eigenvalue weighted by molar-refractivity contribution is -0.132. The maximum Gasteiger partial charge on any atom is 0.260 e. The molecule has 3 rings (SSSR count). The van der Waals surface area contributed by atoms with Crippen molar-refractivity contribution in [3.8, 4) is 5.75 Å². The van der Waals surface area contributed by atoms with Crippen LogP contribution in [-0.2, 0) is 11.3 Å². The smallest absolute Gasteiger partial charge is 0.260 e. The zero-order chi connectivity index (χ0) is 20.6. The van der Waals surface area contributed by atoms with Crippen molar-refractivity contribution in [3.63, 3.8) is 0 Å². The fourth-order valence-corrected chi connectivity index (χ4v) is 2.81. The minimum absolute atomic E-state index is 0.141. The highest BCUT2D eigenvalue weighted by Gasteiger charge is 2.15. The van der Waals surface area contributed by atoms with E-state index in [1.54, 1.807) is 36.2 Å². The van der Waals surface area contributed by atoms with Crippen LogP contribution in [0, 0.1) is 6.92 Å². The van der Waals surface area contributed by atoms with E-state index in [-0.39, 0.29) is 18.4 Å². The first-order valence-corrected chi connectivity index (χ1v) is 9.40. The average Bonchev–Trinajstić information content (AvgIpc) is 2.74. The van der Waals surface area contributed by atoms with Gasteiger partial charge in [-0.1, -0.05) is 60.2 Å². The van der Waals surface area contributed by atoms with Gasteiger partial charge in [0.25, 0.3) is 11.8 Å². The van der Waals surface area contributed by atoms with E-state index in [0.29, 0.717) is 23.5 Å². The number of hydrogen-bond donors (Lipinski definition) is 1. The average molecular weight is 388 g/mol. The third-order valence-electron chi connectivity index (χ3n) is 4.48. The van der Waals surface area contributed by atoms with Gasteiger partial charge >= 0.3 is 0 Å². The molecule has 29 heavy (non-hydrogen) atoms. The van der Waals surface area contributed by atoms with Crippen molar-refractivity contribution >= 4 is 17.5 Å². The van der Waals surface area contributed by atoms with Gasteiger partial charge in [-0.2, -0.15) is 0 Å². The van der Waals surface area contributed by atoms with E-state index in [1.807, 2.05) is 61.5 Å². The number of likely N-dealkylation sites (N-methyl/N-ethyl adjacent to an activating group) is 1. The van der Waals surface area contributed by atoms with Crippen LogP contribution in [0.5, 0.6) is 5.75 Å². The van der Waals surface area contributed by atoms with E-state index in [0.717, 1.165) is 5.56 Å². The zero-order valence-electron chi connectivity index (χ0n) is 16.6. The molecule has 0 aromatic heterocycles. The number of rotatable bonds is 7. The molecule has 0 radical (unpaired) electrons. The quantitative estimate of drug-likeness (QED) is 0.657. The van der Waals surface area contributed by atoms with Gasteiger partial charge in [-0.15, -0.1) is 0 Å². The van der Waals surface area contributed by atoms with Crippen LogP contribution in [0.3, 0.4) is 0 Å². The summed E-state index contributed by atoms with van der Waals surface area (Å²) in [7, 11) is 1.74. The Labute approximate surface area is 170 Å². The first-order chi connectivity index (χ1) is 14.0. The van der Waals surface area contributed by atoms with Crippen LogP contribution in [0.4, 0.5) is 5.69 Å². The molecule has 0 aliphatic heterocycles. The van der Waals surface area contributed by atoms with E-state index in [1.165, 1.54) is 5.56 Å². The van der Waals surface area contributed by atoms with E-state index >= 15 is 0 Å². The van der Waals surface area contributed by atoms with Crippen molar-refractivity contribution in [1.29, 1.82) is 0 Å². The van der Waals surface area contributed by atoms with Crippen molar-refractivity contribution in [2.75, 3.05) is 19.0 Å². The Balaban J connectivity index is 1.60. The van der Waals surface area contributed by atoms with Crippen LogP contribution in [0.2, 0.25) is 0 Å². The third-order valence-corrected chi connectivity index (χ3v) is 4.48. The molecule has 0 atom stereocenters. The highest BCUT2D eigenvalue weighted by atomic mass is 16.5. The lowest BCUT2D eigenvalue weighted by Gasteiger charge is -2.18. The molecular weight excluding hydrogens is 364 g/mol. The normalized spacial score (nSPS) is 10.3. The summed E-state index contributed by atoms with van der Waals surface area (Å²) in [6, 6.07) is 24.1. The van der Waals surface area contributed by atoms with Crippen molar-refractivity contribution < 1.29 is 14.3 Å². The first kappa shape index (κ1) is 20.1. The standard InChI is InChI=1S/C24H24N2O3/c1-18-12-14-19(15-13-18)16-26(2)23(27)17-29-22-11-7-6-10-21(22)24(28)25-20-8-4-3-5-9-20/h3-15H,16-17H2,1-2H3,(H,25,28). The fourth-order valence-electron chi connectivity index (χ4n) is 2.81. The third kappa shape index (κ3) is 5.69. The van der Waals surface area contributed by atoms with Gasteiger partial charge < -0.3 is 15.0 Å². The van der Waals surface area contributed by atoms with E-state index in [9.17, 15) is 9.59 Å². The van der Waals surface area contributed by atoms with E-state index in [2.05, 4.69) is 5.32 Å². The molecule has 5 nitrogen and oxygen atoms in total. The Morgan fingerprint density at radius 1 is 0.897 bits per heavy atom. The van der Waals surface area contributed by atoms with Gasteiger partial charge in [-0.25, -0.2) is 0 Å². The summed E-state index contributed by atoms with van der Waals surface area (Å²) in [5.41, 5.74) is 3.30. The molecule has 148 valence electrons. The van der Waals surface area contributed by atoms with Crippen LogP contribution in [-0.4, -0.2) is 30.4 Å². The molecule has 0 saturated heterocycles. The summed E-state index contributed by atoms with van der Waals surface area (Å²) in [6.07, 6.45) is 0. The minimum atomic E-state index is -0.285. The van der Waals surface area contributed by atoms with E-state index < -0.39 is 0 Å². The Morgan fingerprint density at radius 2 is 1.55 bits per heavy atom. The number of nitrogens with zero attached hydrogens (tertiary/aromatic N) is 1. The van der Waals surface area contributed by atoms with E-state index in [4.69, 9.17) is 4.74 Å². The highest BCUT2D eigenvalue weighted by Crippen LogP contribution is 2.20. The summed E-state index contributed by atoms with van der Waals surface area (Å²) in [4.78, 5) is 26.7. The lowest BCUT2D eigenvalue weighted by atomic mass is 10.1. The zero-order valence-corrected chi connectivity index (χ0v) is 16.6. The lowest BCUT2D eigenvalue weighted by Crippen LogP contribution is -2.31. The molecule has 0 bridgehead atoms.